The molecule has 0 amide bonds. The molecule has 0 spiro atoms. The van der Waals surface area contributed by atoms with Gasteiger partial charge in [0.1, 0.15) is 11.4 Å². The molecular formula is C14H8FNO. The normalized spacial score (nSPS) is 11.8. The number of nitrogens with one attached hydrogen (secondary N) is 1. The Morgan fingerprint density at radius 3 is 2.82 bits per heavy atom. The predicted molar refractivity (Wildman–Crippen MR) is 65.5 cm³/mol. The molecule has 17 heavy (non-hydrogen) atoms. The number of benzene rings is 2. The molecule has 0 saturated carbocycles. The Bertz CT molecular complexity index is 856. The van der Waals surface area contributed by atoms with Crippen LogP contribution in [0, 0.1) is 5.82 Å². The monoisotopic (exact) mass is 225 g/mol. The highest BCUT2D eigenvalue weighted by Gasteiger charge is 2.15. The fraction of sp³-hybridized carbons (Fsp3) is 0. The first-order valence-electron chi connectivity index (χ1n) is 5.42. The van der Waals surface area contributed by atoms with Gasteiger partial charge >= 0.3 is 0 Å². The van der Waals surface area contributed by atoms with E-state index in [1.54, 1.807) is 12.1 Å². The van der Waals surface area contributed by atoms with Gasteiger partial charge in [0.2, 0.25) is 0 Å². The third-order valence-corrected chi connectivity index (χ3v) is 3.10. The Morgan fingerprint density at radius 2 is 1.88 bits per heavy atom. The average molecular weight is 225 g/mol. The number of H-pyrrole nitrogens is 1. The lowest BCUT2D eigenvalue weighted by Crippen LogP contribution is -1.74. The summed E-state index contributed by atoms with van der Waals surface area (Å²) in [7, 11) is 0. The van der Waals surface area contributed by atoms with E-state index in [0.717, 1.165) is 22.0 Å². The fourth-order valence-electron chi connectivity index (χ4n) is 2.34. The Balaban J connectivity index is 2.35. The molecule has 0 atom stereocenters. The lowest BCUT2D eigenvalue weighted by atomic mass is 10.2. The molecule has 0 aliphatic rings. The summed E-state index contributed by atoms with van der Waals surface area (Å²) in [5.41, 5.74) is 3.00. The molecule has 82 valence electrons. The summed E-state index contributed by atoms with van der Waals surface area (Å²) in [6.45, 7) is 0. The molecule has 2 nitrogen and oxygen atoms in total. The number of hydrogen-bond donors (Lipinski definition) is 1. The van der Waals surface area contributed by atoms with Crippen LogP contribution in [0.3, 0.4) is 0 Å². The van der Waals surface area contributed by atoms with Gasteiger partial charge in [-0.15, -0.1) is 0 Å². The molecule has 0 saturated heterocycles. The Hall–Kier alpha value is -2.29. The van der Waals surface area contributed by atoms with Crippen LogP contribution in [-0.2, 0) is 0 Å². The zero-order valence-corrected chi connectivity index (χ0v) is 8.83. The number of furan rings is 1. The summed E-state index contributed by atoms with van der Waals surface area (Å²) in [5, 5.41) is 1.51. The zero-order chi connectivity index (χ0) is 11.4. The number of fused-ring (bicyclic) bond motifs is 5. The Morgan fingerprint density at radius 1 is 1.00 bits per heavy atom. The van der Waals surface area contributed by atoms with E-state index in [1.807, 2.05) is 24.3 Å². The van der Waals surface area contributed by atoms with Crippen molar-refractivity contribution in [3.63, 3.8) is 0 Å². The first-order valence-corrected chi connectivity index (χ1v) is 5.42. The highest BCUT2D eigenvalue weighted by atomic mass is 19.1. The molecule has 0 unspecified atom stereocenters. The molecule has 3 heteroatoms. The molecule has 4 rings (SSSR count). The second-order valence-electron chi connectivity index (χ2n) is 4.09. The van der Waals surface area contributed by atoms with Crippen molar-refractivity contribution in [2.75, 3.05) is 0 Å². The lowest BCUT2D eigenvalue weighted by molar-refractivity contribution is 0.634. The number of halogens is 1. The molecule has 2 aromatic heterocycles. The van der Waals surface area contributed by atoms with Crippen LogP contribution in [0.25, 0.3) is 33.0 Å². The van der Waals surface area contributed by atoms with Crippen molar-refractivity contribution in [1.82, 2.24) is 4.98 Å². The van der Waals surface area contributed by atoms with E-state index in [1.165, 1.54) is 6.07 Å². The minimum atomic E-state index is -0.257. The van der Waals surface area contributed by atoms with Gasteiger partial charge in [0.05, 0.1) is 10.9 Å². The number of hydrogen-bond acceptors (Lipinski definition) is 1. The average Bonchev–Trinajstić information content (AvgIpc) is 2.85. The van der Waals surface area contributed by atoms with Crippen molar-refractivity contribution >= 4 is 33.0 Å². The molecular weight excluding hydrogens is 217 g/mol. The van der Waals surface area contributed by atoms with Crippen molar-refractivity contribution in [3.8, 4) is 0 Å². The third kappa shape index (κ3) is 1.03. The highest BCUT2D eigenvalue weighted by molar-refractivity contribution is 6.14. The molecule has 0 fully saturated rings. The van der Waals surface area contributed by atoms with Gasteiger partial charge in [0.25, 0.3) is 0 Å². The largest absolute Gasteiger partial charge is 0.454 e. The van der Waals surface area contributed by atoms with Crippen LogP contribution in [0.4, 0.5) is 4.39 Å². The van der Waals surface area contributed by atoms with Gasteiger partial charge in [-0.3, -0.25) is 0 Å². The number of para-hydroxylation sites is 1. The highest BCUT2D eigenvalue weighted by Crippen LogP contribution is 2.34. The maximum Gasteiger partial charge on any atom is 0.161 e. The topological polar surface area (TPSA) is 28.9 Å². The smallest absolute Gasteiger partial charge is 0.161 e. The summed E-state index contributed by atoms with van der Waals surface area (Å²) in [6, 6.07) is 12.7. The SMILES string of the molecule is Fc1cccc2oc3c4ccccc4[nH]c3c12. The van der Waals surface area contributed by atoms with Crippen molar-refractivity contribution in [2.45, 2.75) is 0 Å². The molecule has 0 aliphatic heterocycles. The van der Waals surface area contributed by atoms with Crippen LogP contribution < -0.4 is 0 Å². The van der Waals surface area contributed by atoms with Gasteiger partial charge in [0, 0.05) is 10.9 Å². The Kier molecular flexibility index (Phi) is 1.50. The van der Waals surface area contributed by atoms with Crippen LogP contribution >= 0.6 is 0 Å². The van der Waals surface area contributed by atoms with Crippen LogP contribution in [0.5, 0.6) is 0 Å². The van der Waals surface area contributed by atoms with E-state index in [-0.39, 0.29) is 5.82 Å². The van der Waals surface area contributed by atoms with Crippen molar-refractivity contribution < 1.29 is 8.81 Å². The minimum absolute atomic E-state index is 0.257. The number of aromatic amines is 1. The predicted octanol–water partition coefficient (Wildman–Crippen LogP) is 4.21. The van der Waals surface area contributed by atoms with E-state index >= 15 is 0 Å². The maximum absolute atomic E-state index is 13.8. The quantitative estimate of drug-likeness (QED) is 0.477. The van der Waals surface area contributed by atoms with Crippen molar-refractivity contribution in [1.29, 1.82) is 0 Å². The van der Waals surface area contributed by atoms with Gasteiger partial charge in [-0.1, -0.05) is 18.2 Å². The number of rotatable bonds is 0. The van der Waals surface area contributed by atoms with Crippen molar-refractivity contribution in [2.24, 2.45) is 0 Å². The minimum Gasteiger partial charge on any atom is -0.454 e. The molecule has 1 N–H and O–H groups in total. The van der Waals surface area contributed by atoms with E-state index in [0.29, 0.717) is 11.0 Å². The lowest BCUT2D eigenvalue weighted by Gasteiger charge is -1.91. The molecule has 0 radical (unpaired) electrons. The molecule has 0 bridgehead atoms. The van der Waals surface area contributed by atoms with Crippen LogP contribution in [-0.4, -0.2) is 4.98 Å². The Labute approximate surface area is 95.6 Å². The second-order valence-corrected chi connectivity index (χ2v) is 4.09. The number of aromatic nitrogens is 1. The summed E-state index contributed by atoms with van der Waals surface area (Å²) < 4.78 is 19.5. The zero-order valence-electron chi connectivity index (χ0n) is 8.83. The van der Waals surface area contributed by atoms with Gasteiger partial charge in [-0.25, -0.2) is 4.39 Å². The second kappa shape index (κ2) is 2.88. The standard InChI is InChI=1S/C14H8FNO/c15-9-5-3-7-11-12(9)13-14(17-11)8-4-1-2-6-10(8)16-13/h1-7,16H. The van der Waals surface area contributed by atoms with Gasteiger partial charge in [0.15, 0.2) is 5.58 Å². The summed E-state index contributed by atoms with van der Waals surface area (Å²) in [5.74, 6) is -0.257. The van der Waals surface area contributed by atoms with Gasteiger partial charge in [-0.05, 0) is 24.3 Å². The molecule has 2 aromatic carbocycles. The van der Waals surface area contributed by atoms with Crippen LogP contribution in [0.2, 0.25) is 0 Å². The summed E-state index contributed by atoms with van der Waals surface area (Å²) in [6.07, 6.45) is 0. The van der Waals surface area contributed by atoms with Crippen LogP contribution in [0.15, 0.2) is 46.9 Å². The summed E-state index contributed by atoms with van der Waals surface area (Å²) in [4.78, 5) is 3.21. The first-order chi connectivity index (χ1) is 8.34. The summed E-state index contributed by atoms with van der Waals surface area (Å²) >= 11 is 0. The fourth-order valence-corrected chi connectivity index (χ4v) is 2.34. The first kappa shape index (κ1) is 8.82. The third-order valence-electron chi connectivity index (χ3n) is 3.10. The maximum atomic E-state index is 13.8. The van der Waals surface area contributed by atoms with E-state index in [4.69, 9.17) is 4.42 Å². The van der Waals surface area contributed by atoms with Crippen LogP contribution in [0.1, 0.15) is 0 Å². The molecule has 4 aromatic rings. The van der Waals surface area contributed by atoms with E-state index in [9.17, 15) is 4.39 Å². The molecule has 0 aliphatic carbocycles. The van der Waals surface area contributed by atoms with E-state index < -0.39 is 0 Å². The van der Waals surface area contributed by atoms with Crippen molar-refractivity contribution in [3.05, 3.63) is 48.3 Å². The van der Waals surface area contributed by atoms with E-state index in [2.05, 4.69) is 4.98 Å². The van der Waals surface area contributed by atoms with Gasteiger partial charge in [-0.2, -0.15) is 0 Å². The molecule has 2 heterocycles. The van der Waals surface area contributed by atoms with Gasteiger partial charge < -0.3 is 9.40 Å².